The van der Waals surface area contributed by atoms with Crippen molar-refractivity contribution in [1.82, 2.24) is 10.3 Å². The maximum atomic E-state index is 4.78. The van der Waals surface area contributed by atoms with Crippen molar-refractivity contribution >= 4 is 23.1 Å². The van der Waals surface area contributed by atoms with Crippen molar-refractivity contribution in [3.63, 3.8) is 0 Å². The molecular weight excluding hydrogens is 272 g/mol. The number of hydrogen-bond acceptors (Lipinski definition) is 4. The molecular formula is C15H20N2S2. The van der Waals surface area contributed by atoms with Crippen LogP contribution in [0.4, 0.5) is 0 Å². The molecule has 1 aromatic carbocycles. The summed E-state index contributed by atoms with van der Waals surface area (Å²) in [4.78, 5) is 6.09. The molecule has 2 aromatic rings. The SMILES string of the molecule is CSCc1nc(CNC(C)C)c(-c2ccccc2)s1. The molecule has 102 valence electrons. The lowest BCUT2D eigenvalue weighted by molar-refractivity contribution is 0.583. The summed E-state index contributed by atoms with van der Waals surface area (Å²) in [5, 5.41) is 4.68. The van der Waals surface area contributed by atoms with Gasteiger partial charge in [-0.25, -0.2) is 4.98 Å². The quantitative estimate of drug-likeness (QED) is 0.865. The van der Waals surface area contributed by atoms with E-state index in [4.69, 9.17) is 4.98 Å². The first-order valence-corrected chi connectivity index (χ1v) is 8.68. The summed E-state index contributed by atoms with van der Waals surface area (Å²) in [7, 11) is 0. The van der Waals surface area contributed by atoms with Crippen LogP contribution in [0.1, 0.15) is 24.5 Å². The van der Waals surface area contributed by atoms with Gasteiger partial charge in [0.05, 0.1) is 10.6 Å². The van der Waals surface area contributed by atoms with Crippen molar-refractivity contribution in [2.45, 2.75) is 32.2 Å². The predicted octanol–water partition coefficient (Wildman–Crippen LogP) is 4.17. The first-order valence-electron chi connectivity index (χ1n) is 6.47. The molecule has 0 aliphatic heterocycles. The minimum absolute atomic E-state index is 0.481. The standard InChI is InChI=1S/C15H20N2S2/c1-11(2)16-9-13-15(12-7-5-4-6-8-12)19-14(17-13)10-18-3/h4-8,11,16H,9-10H2,1-3H3. The lowest BCUT2D eigenvalue weighted by Gasteiger charge is -2.07. The Kier molecular flexibility index (Phi) is 5.43. The number of benzene rings is 1. The molecule has 0 unspecified atom stereocenters. The van der Waals surface area contributed by atoms with Crippen LogP contribution in [0.3, 0.4) is 0 Å². The van der Waals surface area contributed by atoms with Crippen LogP contribution in [0.5, 0.6) is 0 Å². The van der Waals surface area contributed by atoms with Gasteiger partial charge in [-0.05, 0) is 11.8 Å². The van der Waals surface area contributed by atoms with Crippen LogP contribution in [0, 0.1) is 0 Å². The molecule has 0 bridgehead atoms. The number of thioether (sulfide) groups is 1. The largest absolute Gasteiger partial charge is 0.309 e. The first-order chi connectivity index (χ1) is 9.20. The molecule has 1 heterocycles. The van der Waals surface area contributed by atoms with Crippen molar-refractivity contribution in [2.24, 2.45) is 0 Å². The highest BCUT2D eigenvalue weighted by Gasteiger charge is 2.12. The Bertz CT molecular complexity index is 506. The minimum Gasteiger partial charge on any atom is -0.309 e. The van der Waals surface area contributed by atoms with E-state index in [2.05, 4.69) is 55.8 Å². The highest BCUT2D eigenvalue weighted by atomic mass is 32.2. The Morgan fingerprint density at radius 2 is 2.00 bits per heavy atom. The molecule has 0 spiro atoms. The van der Waals surface area contributed by atoms with Gasteiger partial charge in [0.1, 0.15) is 5.01 Å². The summed E-state index contributed by atoms with van der Waals surface area (Å²) in [6.07, 6.45) is 2.12. The van der Waals surface area contributed by atoms with Gasteiger partial charge >= 0.3 is 0 Å². The summed E-state index contributed by atoms with van der Waals surface area (Å²) in [6, 6.07) is 11.0. The summed E-state index contributed by atoms with van der Waals surface area (Å²) in [5.74, 6) is 0.992. The molecule has 0 aliphatic carbocycles. The van der Waals surface area contributed by atoms with Crippen molar-refractivity contribution in [2.75, 3.05) is 6.26 Å². The number of thiazole rings is 1. The van der Waals surface area contributed by atoms with E-state index in [1.807, 2.05) is 23.1 Å². The smallest absolute Gasteiger partial charge is 0.103 e. The van der Waals surface area contributed by atoms with Crippen LogP contribution in [0.25, 0.3) is 10.4 Å². The lowest BCUT2D eigenvalue weighted by atomic mass is 10.1. The molecule has 0 aliphatic rings. The van der Waals surface area contributed by atoms with Gasteiger partial charge < -0.3 is 5.32 Å². The number of hydrogen-bond donors (Lipinski definition) is 1. The summed E-state index contributed by atoms with van der Waals surface area (Å²) in [5.41, 5.74) is 2.45. The van der Waals surface area contributed by atoms with Gasteiger partial charge in [-0.15, -0.1) is 11.3 Å². The Morgan fingerprint density at radius 1 is 1.26 bits per heavy atom. The zero-order valence-corrected chi connectivity index (χ0v) is 13.3. The van der Waals surface area contributed by atoms with Crippen molar-refractivity contribution in [1.29, 1.82) is 0 Å². The second kappa shape index (κ2) is 7.08. The monoisotopic (exact) mass is 292 g/mol. The summed E-state index contributed by atoms with van der Waals surface area (Å²) < 4.78 is 0. The van der Waals surface area contributed by atoms with Crippen molar-refractivity contribution in [3.8, 4) is 10.4 Å². The average molecular weight is 292 g/mol. The van der Waals surface area contributed by atoms with Crippen LogP contribution >= 0.6 is 23.1 Å². The van der Waals surface area contributed by atoms with Crippen LogP contribution < -0.4 is 5.32 Å². The second-order valence-electron chi connectivity index (χ2n) is 4.72. The Balaban J connectivity index is 2.29. The molecule has 2 rings (SSSR count). The molecule has 1 aromatic heterocycles. The fourth-order valence-corrected chi connectivity index (χ4v) is 3.60. The van der Waals surface area contributed by atoms with Gasteiger partial charge in [-0.3, -0.25) is 0 Å². The van der Waals surface area contributed by atoms with Crippen molar-refractivity contribution < 1.29 is 0 Å². The van der Waals surface area contributed by atoms with Crippen LogP contribution in [0.2, 0.25) is 0 Å². The van der Waals surface area contributed by atoms with Gasteiger partial charge in [-0.2, -0.15) is 11.8 Å². The zero-order valence-electron chi connectivity index (χ0n) is 11.6. The fourth-order valence-electron chi connectivity index (χ4n) is 1.82. The highest BCUT2D eigenvalue weighted by molar-refractivity contribution is 7.97. The van der Waals surface area contributed by atoms with Crippen LogP contribution in [-0.2, 0) is 12.3 Å². The van der Waals surface area contributed by atoms with Crippen LogP contribution in [-0.4, -0.2) is 17.3 Å². The third-order valence-electron chi connectivity index (χ3n) is 2.72. The maximum absolute atomic E-state index is 4.78. The first kappa shape index (κ1) is 14.6. The average Bonchev–Trinajstić information content (AvgIpc) is 2.81. The van der Waals surface area contributed by atoms with E-state index in [0.29, 0.717) is 6.04 Å². The molecule has 2 nitrogen and oxygen atoms in total. The minimum atomic E-state index is 0.481. The number of nitrogens with zero attached hydrogens (tertiary/aromatic N) is 1. The molecule has 0 saturated carbocycles. The van der Waals surface area contributed by atoms with Crippen LogP contribution in [0.15, 0.2) is 30.3 Å². The summed E-state index contributed by atoms with van der Waals surface area (Å²) in [6.45, 7) is 5.17. The highest BCUT2D eigenvalue weighted by Crippen LogP contribution is 2.31. The van der Waals surface area contributed by atoms with Gasteiger partial charge in [-0.1, -0.05) is 44.2 Å². The Morgan fingerprint density at radius 3 is 2.63 bits per heavy atom. The molecule has 19 heavy (non-hydrogen) atoms. The molecule has 1 N–H and O–H groups in total. The summed E-state index contributed by atoms with van der Waals surface area (Å²) >= 11 is 3.64. The molecule has 4 heteroatoms. The Labute approximate surface area is 123 Å². The van der Waals surface area contributed by atoms with Gasteiger partial charge in [0, 0.05) is 18.3 Å². The van der Waals surface area contributed by atoms with E-state index >= 15 is 0 Å². The second-order valence-corrected chi connectivity index (χ2v) is 6.67. The van der Waals surface area contributed by atoms with Gasteiger partial charge in [0.25, 0.3) is 0 Å². The van der Waals surface area contributed by atoms with E-state index in [9.17, 15) is 0 Å². The van der Waals surface area contributed by atoms with E-state index < -0.39 is 0 Å². The lowest BCUT2D eigenvalue weighted by Crippen LogP contribution is -2.22. The van der Waals surface area contributed by atoms with E-state index in [1.54, 1.807) is 0 Å². The normalized spacial score (nSPS) is 11.2. The predicted molar refractivity (Wildman–Crippen MR) is 86.7 cm³/mol. The third-order valence-corrected chi connectivity index (χ3v) is 4.61. The number of rotatable bonds is 6. The fraction of sp³-hybridized carbons (Fsp3) is 0.400. The molecule has 0 radical (unpaired) electrons. The molecule has 0 fully saturated rings. The molecule has 0 amide bonds. The van der Waals surface area contributed by atoms with E-state index in [1.165, 1.54) is 21.1 Å². The Hall–Kier alpha value is -0.840. The third kappa shape index (κ3) is 4.06. The van der Waals surface area contributed by atoms with Gasteiger partial charge in [0.15, 0.2) is 0 Å². The maximum Gasteiger partial charge on any atom is 0.103 e. The van der Waals surface area contributed by atoms with Crippen molar-refractivity contribution in [3.05, 3.63) is 41.0 Å². The molecule has 0 atom stereocenters. The van der Waals surface area contributed by atoms with E-state index in [-0.39, 0.29) is 0 Å². The molecule has 0 saturated heterocycles. The van der Waals surface area contributed by atoms with Gasteiger partial charge in [0.2, 0.25) is 0 Å². The topological polar surface area (TPSA) is 24.9 Å². The van der Waals surface area contributed by atoms with E-state index in [0.717, 1.165) is 12.3 Å². The number of nitrogens with one attached hydrogen (secondary N) is 1. The zero-order chi connectivity index (χ0) is 13.7. The number of aromatic nitrogens is 1.